The van der Waals surface area contributed by atoms with Crippen molar-refractivity contribution >= 4 is 24.4 Å². The number of Topliss-reactive ketones (excluding diaryl/α,β-unsaturated/α-hetero) is 1. The maximum atomic E-state index is 11.1. The fraction of sp³-hybridized carbons (Fsp3) is 0.714. The number of thiol groups is 1. The first-order chi connectivity index (χ1) is 5.45. The summed E-state index contributed by atoms with van der Waals surface area (Å²) in [5.74, 6) is -1.15. The van der Waals surface area contributed by atoms with Gasteiger partial charge in [-0.3, -0.25) is 9.59 Å². The second-order valence-corrected chi connectivity index (χ2v) is 3.39. The van der Waals surface area contributed by atoms with E-state index in [0.29, 0.717) is 0 Å². The average Bonchev–Trinajstić information content (AvgIpc) is 1.98. The minimum absolute atomic E-state index is 0.0760. The lowest BCUT2D eigenvalue weighted by atomic mass is 10.1. The molecule has 0 saturated heterocycles. The van der Waals surface area contributed by atoms with Gasteiger partial charge in [0.1, 0.15) is 0 Å². The van der Waals surface area contributed by atoms with Crippen molar-refractivity contribution in [3.8, 4) is 0 Å². The molecule has 3 N–H and O–H groups in total. The first-order valence-electron chi connectivity index (χ1n) is 3.64. The van der Waals surface area contributed by atoms with E-state index in [2.05, 4.69) is 12.6 Å². The summed E-state index contributed by atoms with van der Waals surface area (Å²) in [7, 11) is 0. The van der Waals surface area contributed by atoms with Gasteiger partial charge in [-0.25, -0.2) is 0 Å². The summed E-state index contributed by atoms with van der Waals surface area (Å²) in [6.07, 6.45) is 0.104. The zero-order valence-electron chi connectivity index (χ0n) is 6.86. The SMILES string of the molecule is CC(S)C(=O)[C@H](N)CCC(=O)O. The van der Waals surface area contributed by atoms with Crippen molar-refractivity contribution in [2.24, 2.45) is 5.73 Å². The molecule has 5 heteroatoms. The van der Waals surface area contributed by atoms with E-state index < -0.39 is 17.3 Å². The number of aliphatic carboxylic acids is 1. The first-order valence-corrected chi connectivity index (χ1v) is 4.16. The minimum atomic E-state index is -0.940. The smallest absolute Gasteiger partial charge is 0.303 e. The summed E-state index contributed by atoms with van der Waals surface area (Å²) >= 11 is 3.90. The molecule has 0 radical (unpaired) electrons. The molecule has 0 aromatic carbocycles. The topological polar surface area (TPSA) is 80.4 Å². The molecule has 4 nitrogen and oxygen atoms in total. The monoisotopic (exact) mass is 191 g/mol. The van der Waals surface area contributed by atoms with Crippen LogP contribution in [0.1, 0.15) is 19.8 Å². The third kappa shape index (κ3) is 4.35. The van der Waals surface area contributed by atoms with Crippen molar-refractivity contribution in [2.45, 2.75) is 31.1 Å². The average molecular weight is 191 g/mol. The summed E-state index contributed by atoms with van der Waals surface area (Å²) in [5, 5.41) is 7.87. The molecule has 0 aromatic heterocycles. The van der Waals surface area contributed by atoms with Crippen LogP contribution in [0, 0.1) is 0 Å². The lowest BCUT2D eigenvalue weighted by Gasteiger charge is -2.10. The van der Waals surface area contributed by atoms with Crippen LogP contribution in [0.2, 0.25) is 0 Å². The third-order valence-electron chi connectivity index (χ3n) is 1.45. The highest BCUT2D eigenvalue weighted by Gasteiger charge is 2.17. The van der Waals surface area contributed by atoms with E-state index in [9.17, 15) is 9.59 Å². The third-order valence-corrected chi connectivity index (χ3v) is 1.70. The van der Waals surface area contributed by atoms with E-state index in [4.69, 9.17) is 10.8 Å². The van der Waals surface area contributed by atoms with Gasteiger partial charge in [0.05, 0.1) is 11.3 Å². The summed E-state index contributed by atoms with van der Waals surface area (Å²) in [6, 6.07) is -0.700. The molecule has 0 rings (SSSR count). The van der Waals surface area contributed by atoms with E-state index >= 15 is 0 Å². The van der Waals surface area contributed by atoms with Crippen LogP contribution in [0.4, 0.5) is 0 Å². The Balaban J connectivity index is 3.79. The molecule has 0 aliphatic rings. The molecule has 0 amide bonds. The Kier molecular flexibility index (Phi) is 4.92. The van der Waals surface area contributed by atoms with Gasteiger partial charge in [0, 0.05) is 6.42 Å². The Hall–Kier alpha value is -0.550. The highest BCUT2D eigenvalue weighted by molar-refractivity contribution is 7.81. The number of rotatable bonds is 5. The Morgan fingerprint density at radius 3 is 2.42 bits per heavy atom. The van der Waals surface area contributed by atoms with Crippen molar-refractivity contribution in [1.29, 1.82) is 0 Å². The van der Waals surface area contributed by atoms with Crippen LogP contribution in [-0.4, -0.2) is 28.2 Å². The van der Waals surface area contributed by atoms with Crippen LogP contribution >= 0.6 is 12.6 Å². The van der Waals surface area contributed by atoms with E-state index in [1.807, 2.05) is 0 Å². The zero-order chi connectivity index (χ0) is 9.72. The maximum Gasteiger partial charge on any atom is 0.303 e. The van der Waals surface area contributed by atoms with Crippen molar-refractivity contribution in [2.75, 3.05) is 0 Å². The summed E-state index contributed by atoms with van der Waals surface area (Å²) in [5.41, 5.74) is 5.40. The van der Waals surface area contributed by atoms with Crippen molar-refractivity contribution in [3.63, 3.8) is 0 Å². The van der Waals surface area contributed by atoms with Crippen LogP contribution in [0.25, 0.3) is 0 Å². The summed E-state index contributed by atoms with van der Waals surface area (Å²) < 4.78 is 0. The number of carbonyl (C=O) groups excluding carboxylic acids is 1. The quantitative estimate of drug-likeness (QED) is 0.537. The molecule has 0 aliphatic carbocycles. The van der Waals surface area contributed by atoms with E-state index in [0.717, 1.165) is 0 Å². The summed E-state index contributed by atoms with van der Waals surface area (Å²) in [6.45, 7) is 1.62. The molecule has 0 saturated carbocycles. The largest absolute Gasteiger partial charge is 0.481 e. The van der Waals surface area contributed by atoms with Gasteiger partial charge in [-0.05, 0) is 13.3 Å². The van der Waals surface area contributed by atoms with Crippen molar-refractivity contribution in [1.82, 2.24) is 0 Å². The Morgan fingerprint density at radius 2 is 2.08 bits per heavy atom. The van der Waals surface area contributed by atoms with Crippen LogP contribution in [0.3, 0.4) is 0 Å². The molecule has 12 heavy (non-hydrogen) atoms. The standard InChI is InChI=1S/C7H13NO3S/c1-4(12)7(11)5(8)2-3-6(9)10/h4-5,12H,2-3,8H2,1H3,(H,9,10)/t4?,5-/m1/s1. The van der Waals surface area contributed by atoms with Crippen molar-refractivity contribution < 1.29 is 14.7 Å². The lowest BCUT2D eigenvalue weighted by molar-refractivity contribution is -0.137. The highest BCUT2D eigenvalue weighted by Crippen LogP contribution is 2.03. The molecule has 0 aliphatic heterocycles. The highest BCUT2D eigenvalue weighted by atomic mass is 32.1. The number of ketones is 1. The van der Waals surface area contributed by atoms with Gasteiger partial charge in [-0.2, -0.15) is 12.6 Å². The molecule has 0 spiro atoms. The van der Waals surface area contributed by atoms with E-state index in [1.54, 1.807) is 6.92 Å². The first kappa shape index (κ1) is 11.4. The van der Waals surface area contributed by atoms with Gasteiger partial charge in [0.15, 0.2) is 5.78 Å². The molecule has 70 valence electrons. The maximum absolute atomic E-state index is 11.1. The number of carbonyl (C=O) groups is 2. The predicted molar refractivity (Wildman–Crippen MR) is 48.3 cm³/mol. The Bertz CT molecular complexity index is 181. The van der Waals surface area contributed by atoms with Crippen molar-refractivity contribution in [3.05, 3.63) is 0 Å². The second kappa shape index (κ2) is 5.16. The van der Waals surface area contributed by atoms with Crippen LogP contribution in [0.15, 0.2) is 0 Å². The van der Waals surface area contributed by atoms with E-state index in [-0.39, 0.29) is 18.6 Å². The number of carboxylic acid groups (broad SMARTS) is 1. The molecule has 2 atom stereocenters. The zero-order valence-corrected chi connectivity index (χ0v) is 7.75. The fourth-order valence-electron chi connectivity index (χ4n) is 0.731. The Labute approximate surface area is 76.5 Å². The molecular formula is C7H13NO3S. The van der Waals surface area contributed by atoms with Crippen LogP contribution < -0.4 is 5.73 Å². The molecular weight excluding hydrogens is 178 g/mol. The van der Waals surface area contributed by atoms with Gasteiger partial charge in [0.2, 0.25) is 0 Å². The molecule has 0 aromatic rings. The second-order valence-electron chi connectivity index (χ2n) is 2.62. The number of hydrogen-bond donors (Lipinski definition) is 3. The van der Waals surface area contributed by atoms with Gasteiger partial charge >= 0.3 is 5.97 Å². The van der Waals surface area contributed by atoms with E-state index in [1.165, 1.54) is 0 Å². The minimum Gasteiger partial charge on any atom is -0.481 e. The number of nitrogens with two attached hydrogens (primary N) is 1. The summed E-state index contributed by atoms with van der Waals surface area (Å²) in [4.78, 5) is 21.2. The molecule has 1 unspecified atom stereocenters. The number of hydrogen-bond acceptors (Lipinski definition) is 4. The van der Waals surface area contributed by atoms with Crippen LogP contribution in [-0.2, 0) is 9.59 Å². The molecule has 0 bridgehead atoms. The van der Waals surface area contributed by atoms with Gasteiger partial charge in [-0.15, -0.1) is 0 Å². The van der Waals surface area contributed by atoms with Crippen LogP contribution in [0.5, 0.6) is 0 Å². The van der Waals surface area contributed by atoms with Gasteiger partial charge in [-0.1, -0.05) is 0 Å². The van der Waals surface area contributed by atoms with Gasteiger partial charge in [0.25, 0.3) is 0 Å². The molecule has 0 fully saturated rings. The Morgan fingerprint density at radius 1 is 1.58 bits per heavy atom. The molecule has 0 heterocycles. The number of carboxylic acids is 1. The van der Waals surface area contributed by atoms with Gasteiger partial charge < -0.3 is 10.8 Å². The normalized spacial score (nSPS) is 15.2. The predicted octanol–water partition coefficient (Wildman–Crippen LogP) is 0.0659. The lowest BCUT2D eigenvalue weighted by Crippen LogP contribution is -2.35. The fourth-order valence-corrected chi connectivity index (χ4v) is 0.923.